The lowest BCUT2D eigenvalue weighted by atomic mass is 10.1. The number of benzene rings is 1. The molecule has 0 aliphatic carbocycles. The van der Waals surface area contributed by atoms with Crippen LogP contribution in [0.4, 0.5) is 0 Å². The number of hydrogen-bond donors (Lipinski definition) is 2. The summed E-state index contributed by atoms with van der Waals surface area (Å²) >= 11 is 1.89. The lowest BCUT2D eigenvalue weighted by Crippen LogP contribution is -2.37. The second kappa shape index (κ2) is 8.84. The molecule has 0 radical (unpaired) electrons. The van der Waals surface area contributed by atoms with E-state index in [1.165, 1.54) is 19.2 Å². The first-order valence-electron chi connectivity index (χ1n) is 7.92. The Balaban J connectivity index is 2.13. The van der Waals surface area contributed by atoms with Crippen LogP contribution in [0.1, 0.15) is 28.8 Å². The van der Waals surface area contributed by atoms with E-state index >= 15 is 0 Å². The van der Waals surface area contributed by atoms with Crippen LogP contribution >= 0.6 is 11.8 Å². The largest absolute Gasteiger partial charge is 0.383 e. The van der Waals surface area contributed by atoms with Crippen molar-refractivity contribution in [1.82, 2.24) is 10.0 Å². The Bertz CT molecular complexity index is 671. The highest BCUT2D eigenvalue weighted by Crippen LogP contribution is 2.19. The fourth-order valence-corrected chi connectivity index (χ4v) is 4.62. The standard InChI is InChI=1S/C16H24N2O4S2/c1-12-3-4-14(24(20,21)17-7-8-22-2)11-15(12)16(19)18-13-5-9-23-10-6-13/h3-4,11,13,17H,5-10H2,1-2H3,(H,18,19). The van der Waals surface area contributed by atoms with E-state index in [1.807, 2.05) is 11.8 Å². The van der Waals surface area contributed by atoms with Crippen LogP contribution in [0.25, 0.3) is 0 Å². The third-order valence-corrected chi connectivity index (χ3v) is 6.43. The number of carbonyl (C=O) groups is 1. The average molecular weight is 373 g/mol. The van der Waals surface area contributed by atoms with Crippen LogP contribution in [-0.2, 0) is 14.8 Å². The van der Waals surface area contributed by atoms with Gasteiger partial charge in [-0.25, -0.2) is 13.1 Å². The molecule has 8 heteroatoms. The number of carbonyl (C=O) groups excluding carboxylic acids is 1. The van der Waals surface area contributed by atoms with Crippen molar-refractivity contribution in [3.63, 3.8) is 0 Å². The fourth-order valence-electron chi connectivity index (χ4n) is 2.48. The normalized spacial score (nSPS) is 16.1. The zero-order valence-corrected chi connectivity index (χ0v) is 15.6. The summed E-state index contributed by atoms with van der Waals surface area (Å²) in [6.07, 6.45) is 1.90. The Kier molecular flexibility index (Phi) is 7.09. The molecule has 134 valence electrons. The number of aryl methyl sites for hydroxylation is 1. The molecule has 1 aromatic carbocycles. The van der Waals surface area contributed by atoms with E-state index in [0.29, 0.717) is 5.56 Å². The number of methoxy groups -OCH3 is 1. The van der Waals surface area contributed by atoms with E-state index < -0.39 is 10.0 Å². The van der Waals surface area contributed by atoms with Crippen molar-refractivity contribution in [3.05, 3.63) is 29.3 Å². The van der Waals surface area contributed by atoms with E-state index in [-0.39, 0.29) is 30.0 Å². The number of rotatable bonds is 7. The maximum Gasteiger partial charge on any atom is 0.251 e. The zero-order valence-electron chi connectivity index (χ0n) is 14.0. The van der Waals surface area contributed by atoms with Crippen LogP contribution in [-0.4, -0.2) is 52.1 Å². The molecule has 0 spiro atoms. The van der Waals surface area contributed by atoms with Gasteiger partial charge in [-0.05, 0) is 49.0 Å². The first-order valence-corrected chi connectivity index (χ1v) is 10.6. The molecule has 0 bridgehead atoms. The number of nitrogens with one attached hydrogen (secondary N) is 2. The van der Waals surface area contributed by atoms with Gasteiger partial charge in [0.1, 0.15) is 0 Å². The van der Waals surface area contributed by atoms with Crippen LogP contribution < -0.4 is 10.0 Å². The zero-order chi connectivity index (χ0) is 17.6. The van der Waals surface area contributed by atoms with Gasteiger partial charge >= 0.3 is 0 Å². The molecule has 2 rings (SSSR count). The van der Waals surface area contributed by atoms with Crippen molar-refractivity contribution in [2.24, 2.45) is 0 Å². The van der Waals surface area contributed by atoms with Gasteiger partial charge < -0.3 is 10.1 Å². The molecular formula is C16H24N2O4S2. The maximum absolute atomic E-state index is 12.5. The Hall–Kier alpha value is -1.09. The topological polar surface area (TPSA) is 84.5 Å². The molecule has 1 aliphatic rings. The minimum Gasteiger partial charge on any atom is -0.383 e. The summed E-state index contributed by atoms with van der Waals surface area (Å²) < 4.78 is 31.9. The van der Waals surface area contributed by atoms with E-state index in [1.54, 1.807) is 13.0 Å². The van der Waals surface area contributed by atoms with Crippen LogP contribution in [0.3, 0.4) is 0 Å². The van der Waals surface area contributed by atoms with Gasteiger partial charge in [0.2, 0.25) is 10.0 Å². The molecule has 1 aliphatic heterocycles. The lowest BCUT2D eigenvalue weighted by molar-refractivity contribution is 0.0934. The number of ether oxygens (including phenoxy) is 1. The molecule has 1 aromatic rings. The average Bonchev–Trinajstić information content (AvgIpc) is 2.56. The summed E-state index contributed by atoms with van der Waals surface area (Å²) in [5.74, 6) is 1.88. The molecule has 2 N–H and O–H groups in total. The third kappa shape index (κ3) is 5.20. The molecule has 6 nitrogen and oxygen atoms in total. The fraction of sp³-hybridized carbons (Fsp3) is 0.562. The lowest BCUT2D eigenvalue weighted by Gasteiger charge is -2.23. The highest BCUT2D eigenvalue weighted by Gasteiger charge is 2.21. The van der Waals surface area contributed by atoms with Crippen molar-refractivity contribution in [1.29, 1.82) is 0 Å². The van der Waals surface area contributed by atoms with Gasteiger partial charge in [0.15, 0.2) is 0 Å². The van der Waals surface area contributed by atoms with Crippen molar-refractivity contribution in [2.75, 3.05) is 31.8 Å². The summed E-state index contributed by atoms with van der Waals surface area (Å²) in [6, 6.07) is 4.78. The van der Waals surface area contributed by atoms with Gasteiger partial charge in [-0.15, -0.1) is 0 Å². The molecule has 0 atom stereocenters. The van der Waals surface area contributed by atoms with Crippen LogP contribution in [0, 0.1) is 6.92 Å². The Morgan fingerprint density at radius 3 is 2.71 bits per heavy atom. The first-order chi connectivity index (χ1) is 11.4. The summed E-state index contributed by atoms with van der Waals surface area (Å²) in [4.78, 5) is 12.6. The predicted octanol–water partition coefficient (Wildman–Crippen LogP) is 1.55. The van der Waals surface area contributed by atoms with E-state index in [2.05, 4.69) is 10.0 Å². The monoisotopic (exact) mass is 372 g/mol. The molecule has 24 heavy (non-hydrogen) atoms. The molecule has 0 aromatic heterocycles. The van der Waals surface area contributed by atoms with E-state index in [9.17, 15) is 13.2 Å². The molecule has 1 amide bonds. The number of thioether (sulfide) groups is 1. The minimum atomic E-state index is -3.65. The molecule has 1 saturated heterocycles. The summed E-state index contributed by atoms with van der Waals surface area (Å²) in [7, 11) is -2.15. The Morgan fingerprint density at radius 2 is 2.04 bits per heavy atom. The van der Waals surface area contributed by atoms with E-state index in [0.717, 1.165) is 29.9 Å². The minimum absolute atomic E-state index is 0.0913. The van der Waals surface area contributed by atoms with Crippen molar-refractivity contribution in [3.8, 4) is 0 Å². The van der Waals surface area contributed by atoms with Gasteiger partial charge in [-0.3, -0.25) is 4.79 Å². The van der Waals surface area contributed by atoms with Crippen LogP contribution in [0.15, 0.2) is 23.1 Å². The summed E-state index contributed by atoms with van der Waals surface area (Å²) in [5, 5.41) is 3.02. The molecule has 0 saturated carbocycles. The van der Waals surface area contributed by atoms with Crippen molar-refractivity contribution < 1.29 is 17.9 Å². The molecule has 1 heterocycles. The highest BCUT2D eigenvalue weighted by molar-refractivity contribution is 7.99. The quantitative estimate of drug-likeness (QED) is 0.710. The van der Waals surface area contributed by atoms with Gasteiger partial charge in [-0.1, -0.05) is 6.07 Å². The second-order valence-electron chi connectivity index (χ2n) is 5.73. The van der Waals surface area contributed by atoms with Crippen molar-refractivity contribution >= 4 is 27.7 Å². The third-order valence-electron chi connectivity index (χ3n) is 3.92. The Labute approximate surface area is 147 Å². The molecular weight excluding hydrogens is 348 g/mol. The maximum atomic E-state index is 12.5. The van der Waals surface area contributed by atoms with Gasteiger partial charge in [0.25, 0.3) is 5.91 Å². The highest BCUT2D eigenvalue weighted by atomic mass is 32.2. The van der Waals surface area contributed by atoms with Gasteiger partial charge in [-0.2, -0.15) is 11.8 Å². The summed E-state index contributed by atoms with van der Waals surface area (Å²) in [5.41, 5.74) is 1.16. The van der Waals surface area contributed by atoms with Crippen LogP contribution in [0.2, 0.25) is 0 Å². The van der Waals surface area contributed by atoms with Gasteiger partial charge in [0.05, 0.1) is 11.5 Å². The second-order valence-corrected chi connectivity index (χ2v) is 8.72. The molecule has 0 unspecified atom stereocenters. The number of sulfonamides is 1. The molecule has 1 fully saturated rings. The number of amides is 1. The van der Waals surface area contributed by atoms with Crippen molar-refractivity contribution in [2.45, 2.75) is 30.7 Å². The Morgan fingerprint density at radius 1 is 1.33 bits per heavy atom. The summed E-state index contributed by atoms with van der Waals surface area (Å²) in [6.45, 7) is 2.28. The predicted molar refractivity (Wildman–Crippen MR) is 96.1 cm³/mol. The van der Waals surface area contributed by atoms with E-state index in [4.69, 9.17) is 4.74 Å². The number of hydrogen-bond acceptors (Lipinski definition) is 5. The SMILES string of the molecule is COCCNS(=O)(=O)c1ccc(C)c(C(=O)NC2CCSCC2)c1. The smallest absolute Gasteiger partial charge is 0.251 e. The van der Waals surface area contributed by atoms with Crippen LogP contribution in [0.5, 0.6) is 0 Å². The first kappa shape index (κ1) is 19.2. The van der Waals surface area contributed by atoms with Gasteiger partial charge in [0, 0.05) is 25.3 Å².